The topological polar surface area (TPSA) is 66.5 Å². The summed E-state index contributed by atoms with van der Waals surface area (Å²) in [5.41, 5.74) is 3.44. The van der Waals surface area contributed by atoms with Gasteiger partial charge in [-0.25, -0.2) is 17.2 Å². The predicted molar refractivity (Wildman–Crippen MR) is 118 cm³/mol. The molecule has 3 rings (SSSR count). The zero-order valence-corrected chi connectivity index (χ0v) is 18.1. The molecule has 3 aromatic carbocycles. The molecule has 3 aromatic rings. The Morgan fingerprint density at radius 1 is 0.935 bits per heavy atom. The van der Waals surface area contributed by atoms with E-state index in [0.717, 1.165) is 29.5 Å². The first-order valence-electron chi connectivity index (χ1n) is 9.45. The molecule has 0 aliphatic carbocycles. The van der Waals surface area contributed by atoms with Crippen LogP contribution in [0, 0.1) is 25.5 Å². The first-order chi connectivity index (χ1) is 14.5. The number of rotatable bonds is 6. The number of nitrogens with one attached hydrogen (secondary N) is 1. The van der Waals surface area contributed by atoms with E-state index in [1.807, 2.05) is 26.0 Å². The number of nitrogens with zero attached hydrogens (tertiary/aromatic N) is 1. The summed E-state index contributed by atoms with van der Waals surface area (Å²) in [5, 5.41) is 2.54. The van der Waals surface area contributed by atoms with Gasteiger partial charge in [0.25, 0.3) is 5.91 Å². The van der Waals surface area contributed by atoms with E-state index in [4.69, 9.17) is 0 Å². The second-order valence-corrected chi connectivity index (χ2v) is 9.22. The Labute approximate surface area is 180 Å². The Bertz CT molecular complexity index is 1230. The maximum atomic E-state index is 13.8. The third-order valence-electron chi connectivity index (χ3n) is 4.89. The fourth-order valence-corrected chi connectivity index (χ4v) is 3.89. The molecule has 162 valence electrons. The van der Waals surface area contributed by atoms with Crippen LogP contribution in [0.3, 0.4) is 0 Å². The third kappa shape index (κ3) is 5.46. The quantitative estimate of drug-likeness (QED) is 0.594. The highest BCUT2D eigenvalue weighted by Crippen LogP contribution is 2.24. The van der Waals surface area contributed by atoms with Crippen LogP contribution in [0.15, 0.2) is 60.7 Å². The highest BCUT2D eigenvalue weighted by molar-refractivity contribution is 7.92. The molecule has 31 heavy (non-hydrogen) atoms. The van der Waals surface area contributed by atoms with Gasteiger partial charge >= 0.3 is 0 Å². The zero-order chi connectivity index (χ0) is 22.8. The number of sulfonamides is 1. The molecule has 0 saturated heterocycles. The Morgan fingerprint density at radius 2 is 1.61 bits per heavy atom. The van der Waals surface area contributed by atoms with Crippen molar-refractivity contribution in [3.63, 3.8) is 0 Å². The second-order valence-electron chi connectivity index (χ2n) is 7.31. The van der Waals surface area contributed by atoms with Gasteiger partial charge in [0.2, 0.25) is 10.0 Å². The van der Waals surface area contributed by atoms with Crippen molar-refractivity contribution in [3.05, 3.63) is 94.6 Å². The third-order valence-corrected chi connectivity index (χ3v) is 6.03. The van der Waals surface area contributed by atoms with Gasteiger partial charge in [0.1, 0.15) is 11.6 Å². The second kappa shape index (κ2) is 8.85. The first-order valence-corrected chi connectivity index (χ1v) is 11.3. The van der Waals surface area contributed by atoms with E-state index in [1.165, 1.54) is 4.31 Å². The molecule has 8 heteroatoms. The lowest BCUT2D eigenvalue weighted by Gasteiger charge is -2.23. The SMILES string of the molecule is Cc1ccc(N(Cc2ccc(NC(=O)c3ccc(F)cc3F)cc2)S(C)(=O)=O)cc1C. The maximum Gasteiger partial charge on any atom is 0.258 e. The van der Waals surface area contributed by atoms with Crippen LogP contribution >= 0.6 is 0 Å². The molecule has 0 aliphatic heterocycles. The van der Waals surface area contributed by atoms with Crippen molar-refractivity contribution in [3.8, 4) is 0 Å². The molecule has 0 bridgehead atoms. The van der Waals surface area contributed by atoms with E-state index in [-0.39, 0.29) is 12.1 Å². The van der Waals surface area contributed by atoms with Crippen LogP contribution in [0.25, 0.3) is 0 Å². The molecular weight excluding hydrogens is 422 g/mol. The number of benzene rings is 3. The highest BCUT2D eigenvalue weighted by atomic mass is 32.2. The molecule has 0 saturated carbocycles. The molecule has 5 nitrogen and oxygen atoms in total. The standard InChI is InChI=1S/C23H22F2N2O3S/c1-15-4-10-20(12-16(15)2)27(31(3,29)30)14-17-5-8-19(9-6-17)26-23(28)21-11-7-18(24)13-22(21)25/h4-13H,14H2,1-3H3,(H,26,28). The Kier molecular flexibility index (Phi) is 6.40. The summed E-state index contributed by atoms with van der Waals surface area (Å²) in [6.45, 7) is 3.98. The van der Waals surface area contributed by atoms with Crippen LogP contribution in [0.4, 0.5) is 20.2 Å². The molecule has 0 heterocycles. The van der Waals surface area contributed by atoms with Crippen molar-refractivity contribution in [1.29, 1.82) is 0 Å². The lowest BCUT2D eigenvalue weighted by molar-refractivity contribution is 0.102. The number of carbonyl (C=O) groups excluding carboxylic acids is 1. The maximum absolute atomic E-state index is 13.8. The van der Waals surface area contributed by atoms with Gasteiger partial charge in [0, 0.05) is 11.8 Å². The molecule has 0 aromatic heterocycles. The van der Waals surface area contributed by atoms with Crippen LogP contribution in [-0.4, -0.2) is 20.6 Å². The van der Waals surface area contributed by atoms with Gasteiger partial charge in [-0.1, -0.05) is 18.2 Å². The molecule has 0 aliphatic rings. The van der Waals surface area contributed by atoms with Crippen molar-refractivity contribution in [2.75, 3.05) is 15.9 Å². The molecular formula is C23H22F2N2O3S. The highest BCUT2D eigenvalue weighted by Gasteiger charge is 2.19. The summed E-state index contributed by atoms with van der Waals surface area (Å²) >= 11 is 0. The van der Waals surface area contributed by atoms with Crippen LogP contribution in [0.1, 0.15) is 27.0 Å². The number of hydrogen-bond donors (Lipinski definition) is 1. The molecule has 0 radical (unpaired) electrons. The van der Waals surface area contributed by atoms with E-state index in [0.29, 0.717) is 23.0 Å². The van der Waals surface area contributed by atoms with E-state index >= 15 is 0 Å². The largest absolute Gasteiger partial charge is 0.322 e. The molecule has 0 unspecified atom stereocenters. The molecule has 1 amide bonds. The minimum Gasteiger partial charge on any atom is -0.322 e. The van der Waals surface area contributed by atoms with Gasteiger partial charge in [0.05, 0.1) is 24.1 Å². The summed E-state index contributed by atoms with van der Waals surface area (Å²) in [7, 11) is -3.53. The van der Waals surface area contributed by atoms with Gasteiger partial charge in [-0.3, -0.25) is 9.10 Å². The molecule has 0 spiro atoms. The Balaban J connectivity index is 1.78. The summed E-state index contributed by atoms with van der Waals surface area (Å²) < 4.78 is 52.8. The minimum absolute atomic E-state index is 0.113. The number of amides is 1. The number of halogens is 2. The number of anilines is 2. The fraction of sp³-hybridized carbons (Fsp3) is 0.174. The van der Waals surface area contributed by atoms with Gasteiger partial charge in [0.15, 0.2) is 0 Å². The summed E-state index contributed by atoms with van der Waals surface area (Å²) in [6, 6.07) is 14.7. The van der Waals surface area contributed by atoms with Gasteiger partial charge in [-0.2, -0.15) is 0 Å². The minimum atomic E-state index is -3.53. The summed E-state index contributed by atoms with van der Waals surface area (Å²) in [6.07, 6.45) is 1.15. The lowest BCUT2D eigenvalue weighted by atomic mass is 10.1. The van der Waals surface area contributed by atoms with E-state index in [9.17, 15) is 22.0 Å². The van der Waals surface area contributed by atoms with Crippen LogP contribution in [-0.2, 0) is 16.6 Å². The van der Waals surface area contributed by atoms with Crippen molar-refractivity contribution in [1.82, 2.24) is 0 Å². The van der Waals surface area contributed by atoms with Gasteiger partial charge in [-0.15, -0.1) is 0 Å². The van der Waals surface area contributed by atoms with Crippen molar-refractivity contribution in [2.45, 2.75) is 20.4 Å². The number of aryl methyl sites for hydroxylation is 2. The number of carbonyl (C=O) groups is 1. The normalized spacial score (nSPS) is 11.3. The van der Waals surface area contributed by atoms with Crippen LogP contribution in [0.2, 0.25) is 0 Å². The predicted octanol–water partition coefficient (Wildman–Crippen LogP) is 4.80. The number of hydrogen-bond acceptors (Lipinski definition) is 3. The van der Waals surface area contributed by atoms with Crippen molar-refractivity contribution >= 4 is 27.3 Å². The van der Waals surface area contributed by atoms with E-state index in [2.05, 4.69) is 5.32 Å². The fourth-order valence-electron chi connectivity index (χ4n) is 3.01. The molecule has 0 fully saturated rings. The van der Waals surface area contributed by atoms with E-state index < -0.39 is 27.6 Å². The smallest absolute Gasteiger partial charge is 0.258 e. The Hall–Kier alpha value is -3.26. The van der Waals surface area contributed by atoms with E-state index in [1.54, 1.807) is 30.3 Å². The Morgan fingerprint density at radius 3 is 2.19 bits per heavy atom. The van der Waals surface area contributed by atoms with Gasteiger partial charge in [-0.05, 0) is 66.9 Å². The zero-order valence-electron chi connectivity index (χ0n) is 17.3. The average molecular weight is 445 g/mol. The van der Waals surface area contributed by atoms with Crippen molar-refractivity contribution < 1.29 is 22.0 Å². The van der Waals surface area contributed by atoms with Crippen LogP contribution in [0.5, 0.6) is 0 Å². The molecule has 1 N–H and O–H groups in total. The summed E-state index contributed by atoms with van der Waals surface area (Å²) in [4.78, 5) is 12.2. The van der Waals surface area contributed by atoms with Crippen LogP contribution < -0.4 is 9.62 Å². The summed E-state index contributed by atoms with van der Waals surface area (Å²) in [5.74, 6) is -2.43. The van der Waals surface area contributed by atoms with Crippen molar-refractivity contribution in [2.24, 2.45) is 0 Å². The monoisotopic (exact) mass is 444 g/mol. The van der Waals surface area contributed by atoms with Gasteiger partial charge < -0.3 is 5.32 Å². The molecule has 0 atom stereocenters. The average Bonchev–Trinajstić information content (AvgIpc) is 2.68. The lowest BCUT2D eigenvalue weighted by Crippen LogP contribution is -2.29. The first kappa shape index (κ1) is 22.4.